The number of nitrogens with zero attached hydrogens (tertiary/aromatic N) is 4. The summed E-state index contributed by atoms with van der Waals surface area (Å²) in [6.45, 7) is 14.6. The highest BCUT2D eigenvalue weighted by molar-refractivity contribution is 7.91. The van der Waals surface area contributed by atoms with E-state index in [-0.39, 0.29) is 10.9 Å². The molecule has 1 fully saturated rings. The van der Waals surface area contributed by atoms with Gasteiger partial charge in [0.2, 0.25) is 15.0 Å². The minimum atomic E-state index is -3.34. The molecular formula is C22H42N4O2S. The third-order valence-corrected chi connectivity index (χ3v) is 7.64. The molecule has 0 N–H and O–H groups in total. The lowest BCUT2D eigenvalue weighted by atomic mass is 10.1. The standard InChI is InChI=1S/C22H42N4O2S/c1-6-8-12-26-21(18-24(5)16-20-11-13-25(7-2)17-20)15-23-22(26)29(27,28)14-9-10-19(3)4/h15,19-20H,6-14,16-18H2,1-5H3. The molecule has 0 aliphatic carbocycles. The lowest BCUT2D eigenvalue weighted by Crippen LogP contribution is -2.29. The molecule has 6 nitrogen and oxygen atoms in total. The maximum Gasteiger partial charge on any atom is 0.227 e. The van der Waals surface area contributed by atoms with Crippen molar-refractivity contribution in [1.29, 1.82) is 0 Å². The number of sulfone groups is 1. The van der Waals surface area contributed by atoms with Crippen LogP contribution in [0.2, 0.25) is 0 Å². The van der Waals surface area contributed by atoms with Gasteiger partial charge in [0.05, 0.1) is 17.6 Å². The van der Waals surface area contributed by atoms with E-state index in [1.165, 1.54) is 19.5 Å². The molecule has 2 rings (SSSR count). The van der Waals surface area contributed by atoms with Gasteiger partial charge in [-0.2, -0.15) is 0 Å². The average molecular weight is 427 g/mol. The molecular weight excluding hydrogens is 384 g/mol. The zero-order valence-corrected chi connectivity index (χ0v) is 20.0. The number of rotatable bonds is 13. The maximum absolute atomic E-state index is 12.9. The SMILES string of the molecule is CCCCn1c(CN(C)CC2CCN(CC)C2)cnc1S(=O)(=O)CCCC(C)C. The number of hydrogen-bond acceptors (Lipinski definition) is 5. The van der Waals surface area contributed by atoms with Crippen LogP contribution in [-0.4, -0.2) is 66.7 Å². The largest absolute Gasteiger partial charge is 0.318 e. The van der Waals surface area contributed by atoms with Gasteiger partial charge in [0.1, 0.15) is 0 Å². The number of hydrogen-bond donors (Lipinski definition) is 0. The Kier molecular flexibility index (Phi) is 9.63. The number of unbranched alkanes of at least 4 members (excludes halogenated alkanes) is 1. The quantitative estimate of drug-likeness (QED) is 0.482. The molecule has 0 aromatic carbocycles. The van der Waals surface area contributed by atoms with Crippen molar-refractivity contribution in [3.8, 4) is 0 Å². The first-order valence-electron chi connectivity index (χ1n) is 11.4. The predicted molar refractivity (Wildman–Crippen MR) is 120 cm³/mol. The summed E-state index contributed by atoms with van der Waals surface area (Å²) in [6, 6.07) is 0. The topological polar surface area (TPSA) is 58.4 Å². The molecule has 1 saturated heterocycles. The maximum atomic E-state index is 12.9. The Hall–Kier alpha value is -0.920. The van der Waals surface area contributed by atoms with Crippen LogP contribution in [-0.2, 0) is 22.9 Å². The summed E-state index contributed by atoms with van der Waals surface area (Å²) in [5.41, 5.74) is 1.02. The van der Waals surface area contributed by atoms with Crippen LogP contribution in [0.1, 0.15) is 65.5 Å². The Balaban J connectivity index is 2.07. The fourth-order valence-electron chi connectivity index (χ4n) is 4.23. The molecule has 29 heavy (non-hydrogen) atoms. The fourth-order valence-corrected chi connectivity index (χ4v) is 5.71. The van der Waals surface area contributed by atoms with E-state index in [1.54, 1.807) is 6.20 Å². The van der Waals surface area contributed by atoms with Crippen molar-refractivity contribution in [2.24, 2.45) is 11.8 Å². The fraction of sp³-hybridized carbons (Fsp3) is 0.864. The van der Waals surface area contributed by atoms with Crippen molar-refractivity contribution < 1.29 is 8.42 Å². The molecule has 168 valence electrons. The molecule has 0 amide bonds. The second-order valence-electron chi connectivity index (χ2n) is 9.14. The third-order valence-electron chi connectivity index (χ3n) is 5.93. The first kappa shape index (κ1) is 24.4. The van der Waals surface area contributed by atoms with Crippen LogP contribution in [0.3, 0.4) is 0 Å². The lowest BCUT2D eigenvalue weighted by molar-refractivity contribution is 0.254. The highest BCUT2D eigenvalue weighted by Gasteiger charge is 2.25. The van der Waals surface area contributed by atoms with E-state index >= 15 is 0 Å². The van der Waals surface area contributed by atoms with Crippen molar-refractivity contribution in [3.05, 3.63) is 11.9 Å². The first-order valence-corrected chi connectivity index (χ1v) is 13.1. The van der Waals surface area contributed by atoms with Crippen molar-refractivity contribution >= 4 is 9.84 Å². The van der Waals surface area contributed by atoms with Gasteiger partial charge in [-0.25, -0.2) is 13.4 Å². The van der Waals surface area contributed by atoms with E-state index in [1.807, 2.05) is 4.57 Å². The number of imidazole rings is 1. The Morgan fingerprint density at radius 3 is 2.66 bits per heavy atom. The van der Waals surface area contributed by atoms with Gasteiger partial charge in [-0.3, -0.25) is 0 Å². The van der Waals surface area contributed by atoms with Gasteiger partial charge in [-0.15, -0.1) is 0 Å². The molecule has 7 heteroatoms. The molecule has 0 spiro atoms. The smallest absolute Gasteiger partial charge is 0.227 e. The van der Waals surface area contributed by atoms with Gasteiger partial charge < -0.3 is 14.4 Å². The van der Waals surface area contributed by atoms with Crippen LogP contribution in [0, 0.1) is 11.8 Å². The van der Waals surface area contributed by atoms with Crippen LogP contribution in [0.25, 0.3) is 0 Å². The highest BCUT2D eigenvalue weighted by atomic mass is 32.2. The molecule has 2 heterocycles. The summed E-state index contributed by atoms with van der Waals surface area (Å²) >= 11 is 0. The van der Waals surface area contributed by atoms with E-state index < -0.39 is 9.84 Å². The van der Waals surface area contributed by atoms with Gasteiger partial charge in [-0.05, 0) is 57.7 Å². The van der Waals surface area contributed by atoms with E-state index in [2.05, 4.69) is 49.5 Å². The summed E-state index contributed by atoms with van der Waals surface area (Å²) in [5.74, 6) is 1.41. The summed E-state index contributed by atoms with van der Waals surface area (Å²) in [5, 5.41) is 0.274. The van der Waals surface area contributed by atoms with Gasteiger partial charge in [0, 0.05) is 26.2 Å². The lowest BCUT2D eigenvalue weighted by Gasteiger charge is -2.22. The van der Waals surface area contributed by atoms with Crippen LogP contribution in [0.5, 0.6) is 0 Å². The molecule has 1 aliphatic rings. The molecule has 1 aromatic heterocycles. The second kappa shape index (κ2) is 11.5. The Morgan fingerprint density at radius 2 is 2.03 bits per heavy atom. The molecule has 0 radical (unpaired) electrons. The van der Waals surface area contributed by atoms with E-state index in [9.17, 15) is 8.42 Å². The highest BCUT2D eigenvalue weighted by Crippen LogP contribution is 2.20. The zero-order valence-electron chi connectivity index (χ0n) is 19.2. The summed E-state index contributed by atoms with van der Waals surface area (Å²) in [6.07, 6.45) is 6.67. The van der Waals surface area contributed by atoms with E-state index in [0.717, 1.165) is 51.1 Å². The van der Waals surface area contributed by atoms with E-state index in [4.69, 9.17) is 0 Å². The zero-order chi connectivity index (χ0) is 21.4. The van der Waals surface area contributed by atoms with Crippen LogP contribution >= 0.6 is 0 Å². The Morgan fingerprint density at radius 1 is 1.28 bits per heavy atom. The van der Waals surface area contributed by atoms with Gasteiger partial charge in [0.25, 0.3) is 0 Å². The Bertz CT molecular complexity index is 714. The van der Waals surface area contributed by atoms with Crippen LogP contribution in [0.15, 0.2) is 11.4 Å². The third kappa shape index (κ3) is 7.37. The number of likely N-dealkylation sites (tertiary alicyclic amines) is 1. The summed E-state index contributed by atoms with van der Waals surface area (Å²) in [7, 11) is -1.20. The normalized spacial score (nSPS) is 18.4. The first-order chi connectivity index (χ1) is 13.8. The Labute approximate surface area is 178 Å². The van der Waals surface area contributed by atoms with Crippen LogP contribution in [0.4, 0.5) is 0 Å². The molecule has 1 atom stereocenters. The van der Waals surface area contributed by atoms with Gasteiger partial charge >= 0.3 is 0 Å². The minimum Gasteiger partial charge on any atom is -0.318 e. The molecule has 0 bridgehead atoms. The van der Waals surface area contributed by atoms with Crippen molar-refractivity contribution in [1.82, 2.24) is 19.4 Å². The van der Waals surface area contributed by atoms with Crippen LogP contribution < -0.4 is 0 Å². The predicted octanol–water partition coefficient (Wildman–Crippen LogP) is 3.67. The van der Waals surface area contributed by atoms with Crippen molar-refractivity contribution in [2.45, 2.75) is 78.0 Å². The minimum absolute atomic E-state index is 0.193. The van der Waals surface area contributed by atoms with E-state index in [0.29, 0.717) is 18.3 Å². The van der Waals surface area contributed by atoms with Crippen molar-refractivity contribution in [3.63, 3.8) is 0 Å². The molecule has 1 aliphatic heterocycles. The van der Waals surface area contributed by atoms with Gasteiger partial charge in [-0.1, -0.05) is 34.1 Å². The second-order valence-corrected chi connectivity index (χ2v) is 11.1. The monoisotopic (exact) mass is 426 g/mol. The number of aromatic nitrogens is 2. The molecule has 1 unspecified atom stereocenters. The summed E-state index contributed by atoms with van der Waals surface area (Å²) in [4.78, 5) is 9.23. The summed E-state index contributed by atoms with van der Waals surface area (Å²) < 4.78 is 27.9. The molecule has 1 aromatic rings. The van der Waals surface area contributed by atoms with Crippen molar-refractivity contribution in [2.75, 3.05) is 39.0 Å². The molecule has 0 saturated carbocycles. The van der Waals surface area contributed by atoms with Gasteiger partial charge in [0.15, 0.2) is 0 Å². The average Bonchev–Trinajstić information content (AvgIpc) is 3.26.